The van der Waals surface area contributed by atoms with Crippen molar-refractivity contribution in [3.8, 4) is 11.5 Å². The molecular formula is C35H38F3NO5S. The van der Waals surface area contributed by atoms with Crippen molar-refractivity contribution in [1.29, 1.82) is 0 Å². The number of benzene rings is 3. The zero-order valence-corrected chi connectivity index (χ0v) is 26.4. The number of thioether (sulfide) groups is 1. The lowest BCUT2D eigenvalue weighted by atomic mass is 9.64. The number of carbonyl (C=O) groups excluding carboxylic acids is 1. The van der Waals surface area contributed by atoms with E-state index in [1.165, 1.54) is 12.1 Å². The minimum atomic E-state index is -4.84. The number of hydrogen-bond donors (Lipinski definition) is 1. The van der Waals surface area contributed by atoms with E-state index in [1.54, 1.807) is 17.8 Å². The maximum Gasteiger partial charge on any atom is 0.573 e. The Hall–Kier alpha value is -3.21. The van der Waals surface area contributed by atoms with Gasteiger partial charge in [-0.05, 0) is 75.9 Å². The van der Waals surface area contributed by atoms with E-state index in [0.29, 0.717) is 30.6 Å². The van der Waals surface area contributed by atoms with Crippen LogP contribution in [0.2, 0.25) is 0 Å². The Morgan fingerprint density at radius 2 is 1.64 bits per heavy atom. The lowest BCUT2D eigenvalue weighted by molar-refractivity contribution is -0.274. The molecule has 240 valence electrons. The molecule has 6 nitrogen and oxygen atoms in total. The number of nitrogens with one attached hydrogen (secondary N) is 1. The second kappa shape index (κ2) is 12.2. The molecule has 0 radical (unpaired) electrons. The molecular weight excluding hydrogens is 603 g/mol. The van der Waals surface area contributed by atoms with Crippen molar-refractivity contribution in [3.63, 3.8) is 0 Å². The van der Waals surface area contributed by atoms with Gasteiger partial charge in [0.15, 0.2) is 4.93 Å². The van der Waals surface area contributed by atoms with Crippen LogP contribution in [0.4, 0.5) is 13.2 Å². The molecule has 1 spiro atoms. The molecule has 4 atom stereocenters. The summed E-state index contributed by atoms with van der Waals surface area (Å²) in [5, 5.41) is 0. The van der Waals surface area contributed by atoms with Crippen LogP contribution in [0.5, 0.6) is 11.5 Å². The molecule has 10 heteroatoms. The predicted molar refractivity (Wildman–Crippen MR) is 165 cm³/mol. The number of hydrogen-bond acceptors (Lipinski definition) is 7. The third kappa shape index (κ3) is 7.45. The second-order valence-corrected chi connectivity index (χ2v) is 14.6. The summed E-state index contributed by atoms with van der Waals surface area (Å²) in [6, 6.07) is 23.4. The third-order valence-corrected chi connectivity index (χ3v) is 9.87. The SMILES string of the molecule is CC(C)(C)OC(=O)C1CCC[C@@]2(C[C@@H](c3cc(OC(F)(F)F)ccc3OC3(Sc4ccccc4)CC3)NO2)[C@@H]1c1ccccc1. The fraction of sp³-hybridized carbons (Fsp3) is 0.457. The van der Waals surface area contributed by atoms with Crippen LogP contribution in [0, 0.1) is 5.92 Å². The van der Waals surface area contributed by atoms with E-state index in [1.807, 2.05) is 81.4 Å². The molecule has 0 amide bonds. The first-order valence-electron chi connectivity index (χ1n) is 15.4. The number of rotatable bonds is 8. The van der Waals surface area contributed by atoms with Gasteiger partial charge in [0.25, 0.3) is 0 Å². The largest absolute Gasteiger partial charge is 0.573 e. The number of esters is 1. The van der Waals surface area contributed by atoms with E-state index in [2.05, 4.69) is 10.2 Å². The Balaban J connectivity index is 1.33. The predicted octanol–water partition coefficient (Wildman–Crippen LogP) is 8.88. The van der Waals surface area contributed by atoms with Crippen LogP contribution in [0.25, 0.3) is 0 Å². The number of hydroxylamine groups is 1. The molecule has 0 bridgehead atoms. The van der Waals surface area contributed by atoms with Gasteiger partial charge in [0.05, 0.1) is 17.6 Å². The smallest absolute Gasteiger partial charge is 0.476 e. The van der Waals surface area contributed by atoms with Gasteiger partial charge in [-0.25, -0.2) is 0 Å². The molecule has 3 aromatic rings. The Labute approximate surface area is 265 Å². The minimum absolute atomic E-state index is 0.277. The zero-order valence-electron chi connectivity index (χ0n) is 25.6. The van der Waals surface area contributed by atoms with Crippen LogP contribution < -0.4 is 15.0 Å². The van der Waals surface area contributed by atoms with Gasteiger partial charge in [-0.15, -0.1) is 13.2 Å². The first-order chi connectivity index (χ1) is 21.3. The van der Waals surface area contributed by atoms with Gasteiger partial charge in [0.2, 0.25) is 0 Å². The average Bonchev–Trinajstić information content (AvgIpc) is 3.60. The van der Waals surface area contributed by atoms with Crippen molar-refractivity contribution < 1.29 is 37.0 Å². The lowest BCUT2D eigenvalue weighted by Crippen LogP contribution is -2.47. The first-order valence-corrected chi connectivity index (χ1v) is 16.2. The van der Waals surface area contributed by atoms with E-state index in [0.717, 1.165) is 29.7 Å². The molecule has 3 aromatic carbocycles. The van der Waals surface area contributed by atoms with Gasteiger partial charge in [-0.2, -0.15) is 5.48 Å². The molecule has 1 N–H and O–H groups in total. The average molecular weight is 642 g/mol. The highest BCUT2D eigenvalue weighted by Gasteiger charge is 2.56. The van der Waals surface area contributed by atoms with Crippen LogP contribution in [0.1, 0.15) is 82.4 Å². The Kier molecular flexibility index (Phi) is 8.60. The summed E-state index contributed by atoms with van der Waals surface area (Å²) in [6.45, 7) is 5.56. The van der Waals surface area contributed by atoms with Gasteiger partial charge >= 0.3 is 12.3 Å². The van der Waals surface area contributed by atoms with Crippen LogP contribution in [-0.2, 0) is 14.4 Å². The zero-order chi connectivity index (χ0) is 31.9. The molecule has 45 heavy (non-hydrogen) atoms. The van der Waals surface area contributed by atoms with Gasteiger partial charge in [0, 0.05) is 35.6 Å². The summed E-state index contributed by atoms with van der Waals surface area (Å²) < 4.78 is 56.7. The van der Waals surface area contributed by atoms with Crippen LogP contribution in [0.15, 0.2) is 83.8 Å². The Bertz CT molecular complexity index is 1490. The summed E-state index contributed by atoms with van der Waals surface area (Å²) in [5.41, 5.74) is 3.16. The topological polar surface area (TPSA) is 66.0 Å². The molecule has 3 aliphatic rings. The molecule has 0 aromatic heterocycles. The number of alkyl halides is 3. The van der Waals surface area contributed by atoms with Crippen molar-refractivity contribution in [2.75, 3.05) is 0 Å². The molecule has 1 unspecified atom stereocenters. The molecule has 6 rings (SSSR count). The Morgan fingerprint density at radius 1 is 0.956 bits per heavy atom. The number of ether oxygens (including phenoxy) is 3. The maximum absolute atomic E-state index is 13.6. The van der Waals surface area contributed by atoms with Crippen molar-refractivity contribution in [2.45, 2.75) is 98.6 Å². The van der Waals surface area contributed by atoms with Gasteiger partial charge < -0.3 is 14.2 Å². The molecule has 3 fully saturated rings. The molecule has 1 aliphatic heterocycles. The highest BCUT2D eigenvalue weighted by atomic mass is 32.2. The second-order valence-electron chi connectivity index (χ2n) is 13.1. The minimum Gasteiger partial charge on any atom is -0.476 e. The van der Waals surface area contributed by atoms with Crippen molar-refractivity contribution in [1.82, 2.24) is 5.48 Å². The van der Waals surface area contributed by atoms with E-state index in [4.69, 9.17) is 14.3 Å². The van der Waals surface area contributed by atoms with Crippen LogP contribution in [0.3, 0.4) is 0 Å². The fourth-order valence-corrected chi connectivity index (χ4v) is 7.75. The van der Waals surface area contributed by atoms with Crippen LogP contribution >= 0.6 is 11.8 Å². The van der Waals surface area contributed by atoms with E-state index >= 15 is 0 Å². The van der Waals surface area contributed by atoms with Gasteiger partial charge in [-0.1, -0.05) is 60.3 Å². The highest BCUT2D eigenvalue weighted by molar-refractivity contribution is 8.00. The third-order valence-electron chi connectivity index (χ3n) is 8.50. The van der Waals surface area contributed by atoms with E-state index < -0.39 is 34.5 Å². The maximum atomic E-state index is 13.6. The normalized spacial score (nSPS) is 26.0. The first kappa shape index (κ1) is 31.8. The van der Waals surface area contributed by atoms with Crippen LogP contribution in [-0.4, -0.2) is 28.5 Å². The van der Waals surface area contributed by atoms with Crippen molar-refractivity contribution in [3.05, 3.63) is 90.0 Å². The number of carbonyl (C=O) groups is 1. The molecule has 2 saturated carbocycles. The van der Waals surface area contributed by atoms with Crippen molar-refractivity contribution in [2.24, 2.45) is 5.92 Å². The lowest BCUT2D eigenvalue weighted by Gasteiger charge is -2.44. The monoisotopic (exact) mass is 641 g/mol. The molecule has 2 aliphatic carbocycles. The van der Waals surface area contributed by atoms with Crippen molar-refractivity contribution >= 4 is 17.7 Å². The summed E-state index contributed by atoms with van der Waals surface area (Å²) in [7, 11) is 0. The molecule has 1 heterocycles. The summed E-state index contributed by atoms with van der Waals surface area (Å²) in [5.74, 6) is -0.918. The summed E-state index contributed by atoms with van der Waals surface area (Å²) in [4.78, 5) is 20.6. The van der Waals surface area contributed by atoms with E-state index in [9.17, 15) is 18.0 Å². The van der Waals surface area contributed by atoms with Gasteiger partial charge in [-0.3, -0.25) is 9.63 Å². The summed E-state index contributed by atoms with van der Waals surface area (Å²) in [6.07, 6.45) is -0.776. The summed E-state index contributed by atoms with van der Waals surface area (Å²) >= 11 is 1.61. The molecule has 1 saturated heterocycles. The Morgan fingerprint density at radius 3 is 2.29 bits per heavy atom. The van der Waals surface area contributed by atoms with E-state index in [-0.39, 0.29) is 17.6 Å². The standard InChI is InChI=1S/C35H38F3NO5S/c1-32(2,3)43-31(40)26-15-10-18-33(30(26)23-11-6-4-7-12-23)22-28(39-44-33)27-21-24(41-35(36,37)38)16-17-29(27)42-34(19-20-34)45-25-13-8-5-9-14-25/h4-9,11-14,16-17,21,26,28,30,39H,10,15,18-20,22H2,1-3H3/t26?,28-,30+,33+/m0/s1. The fourth-order valence-electron chi connectivity index (χ4n) is 6.59. The quantitative estimate of drug-likeness (QED) is 0.195. The highest BCUT2D eigenvalue weighted by Crippen LogP contribution is 2.56. The van der Waals surface area contributed by atoms with Gasteiger partial charge in [0.1, 0.15) is 17.1 Å². The number of halogens is 3.